The topological polar surface area (TPSA) is 29.1 Å². The van der Waals surface area contributed by atoms with Gasteiger partial charge >= 0.3 is 0 Å². The third-order valence-electron chi connectivity index (χ3n) is 2.02. The third-order valence-corrected chi connectivity index (χ3v) is 2.02. The Labute approximate surface area is 91.0 Å². The van der Waals surface area contributed by atoms with Crippen LogP contribution in [-0.2, 0) is 4.79 Å². The number of nitrogens with one attached hydrogen (secondary N) is 1. The van der Waals surface area contributed by atoms with Crippen molar-refractivity contribution >= 4 is 12.0 Å². The van der Waals surface area contributed by atoms with Crippen molar-refractivity contribution < 1.29 is 4.79 Å². The number of aryl methyl sites for hydroxylation is 1. The highest BCUT2D eigenvalue weighted by Gasteiger charge is 1.92. The molecule has 0 radical (unpaired) electrons. The Bertz CT molecular complexity index is 355. The molecule has 0 spiro atoms. The molecule has 0 saturated heterocycles. The quantitative estimate of drug-likeness (QED) is 0.748. The van der Waals surface area contributed by atoms with Crippen molar-refractivity contribution in [1.82, 2.24) is 5.32 Å². The summed E-state index contributed by atoms with van der Waals surface area (Å²) < 4.78 is 0. The van der Waals surface area contributed by atoms with Gasteiger partial charge in [0.1, 0.15) is 0 Å². The van der Waals surface area contributed by atoms with Gasteiger partial charge in [0.2, 0.25) is 5.91 Å². The van der Waals surface area contributed by atoms with E-state index < -0.39 is 0 Å². The Kier molecular flexibility index (Phi) is 4.61. The van der Waals surface area contributed by atoms with Gasteiger partial charge in [-0.15, -0.1) is 0 Å². The Morgan fingerprint density at radius 2 is 2.27 bits per heavy atom. The molecule has 0 atom stereocenters. The summed E-state index contributed by atoms with van der Waals surface area (Å²) in [5.41, 5.74) is 2.26. The van der Waals surface area contributed by atoms with Gasteiger partial charge in [-0.25, -0.2) is 0 Å². The van der Waals surface area contributed by atoms with Gasteiger partial charge in [-0.2, -0.15) is 0 Å². The molecule has 2 nitrogen and oxygen atoms in total. The van der Waals surface area contributed by atoms with Gasteiger partial charge in [0.25, 0.3) is 0 Å². The van der Waals surface area contributed by atoms with Gasteiger partial charge in [0, 0.05) is 12.6 Å². The molecule has 1 rings (SSSR count). The molecule has 0 bridgehead atoms. The van der Waals surface area contributed by atoms with E-state index in [-0.39, 0.29) is 5.91 Å². The van der Waals surface area contributed by atoms with Crippen LogP contribution in [-0.4, -0.2) is 12.5 Å². The molecule has 15 heavy (non-hydrogen) atoms. The first-order valence-electron chi connectivity index (χ1n) is 5.25. The molecule has 0 aliphatic heterocycles. The van der Waals surface area contributed by atoms with Crippen molar-refractivity contribution in [3.05, 3.63) is 41.5 Å². The number of benzene rings is 1. The maximum atomic E-state index is 11.3. The summed E-state index contributed by atoms with van der Waals surface area (Å²) in [6.45, 7) is 4.80. The van der Waals surface area contributed by atoms with Crippen LogP contribution in [0.4, 0.5) is 0 Å². The van der Waals surface area contributed by atoms with Crippen LogP contribution in [0.15, 0.2) is 30.3 Å². The van der Waals surface area contributed by atoms with Crippen LogP contribution in [0.3, 0.4) is 0 Å². The highest BCUT2D eigenvalue weighted by molar-refractivity contribution is 5.91. The molecule has 1 amide bonds. The highest BCUT2D eigenvalue weighted by Crippen LogP contribution is 2.05. The minimum Gasteiger partial charge on any atom is -0.353 e. The van der Waals surface area contributed by atoms with Crippen LogP contribution in [0.25, 0.3) is 6.08 Å². The third kappa shape index (κ3) is 4.45. The van der Waals surface area contributed by atoms with Crippen molar-refractivity contribution in [3.63, 3.8) is 0 Å². The molecule has 0 fully saturated rings. The summed E-state index contributed by atoms with van der Waals surface area (Å²) >= 11 is 0. The minimum absolute atomic E-state index is 0.0293. The monoisotopic (exact) mass is 203 g/mol. The standard InChI is InChI=1S/C13H17NO/c1-3-9-14-13(15)8-7-12-6-4-5-11(2)10-12/h4-8,10H,3,9H2,1-2H3,(H,14,15)/b8-7+. The van der Waals surface area contributed by atoms with Crippen LogP contribution in [0, 0.1) is 6.92 Å². The first kappa shape index (κ1) is 11.5. The summed E-state index contributed by atoms with van der Waals surface area (Å²) in [5.74, 6) is -0.0293. The van der Waals surface area contributed by atoms with Gasteiger partial charge < -0.3 is 5.32 Å². The molecule has 0 unspecified atom stereocenters. The van der Waals surface area contributed by atoms with Crippen LogP contribution < -0.4 is 5.32 Å². The van der Waals surface area contributed by atoms with Crippen molar-refractivity contribution in [2.24, 2.45) is 0 Å². The maximum absolute atomic E-state index is 11.3. The molecule has 2 heteroatoms. The molecule has 0 heterocycles. The lowest BCUT2D eigenvalue weighted by Gasteiger charge is -1.98. The van der Waals surface area contributed by atoms with Crippen molar-refractivity contribution in [3.8, 4) is 0 Å². The molecule has 80 valence electrons. The second-order valence-corrected chi connectivity index (χ2v) is 3.54. The fourth-order valence-corrected chi connectivity index (χ4v) is 1.25. The molecule has 0 aliphatic carbocycles. The van der Waals surface area contributed by atoms with Gasteiger partial charge in [-0.1, -0.05) is 36.8 Å². The van der Waals surface area contributed by atoms with E-state index in [4.69, 9.17) is 0 Å². The fourth-order valence-electron chi connectivity index (χ4n) is 1.25. The highest BCUT2D eigenvalue weighted by atomic mass is 16.1. The zero-order chi connectivity index (χ0) is 11.1. The molecular formula is C13H17NO. The van der Waals surface area contributed by atoms with Crippen LogP contribution >= 0.6 is 0 Å². The van der Waals surface area contributed by atoms with Crippen LogP contribution in [0.5, 0.6) is 0 Å². The van der Waals surface area contributed by atoms with E-state index in [9.17, 15) is 4.79 Å². The summed E-state index contributed by atoms with van der Waals surface area (Å²) in [4.78, 5) is 11.3. The summed E-state index contributed by atoms with van der Waals surface area (Å²) in [6.07, 6.45) is 4.37. The smallest absolute Gasteiger partial charge is 0.243 e. The van der Waals surface area contributed by atoms with Crippen LogP contribution in [0.1, 0.15) is 24.5 Å². The van der Waals surface area contributed by atoms with E-state index in [1.165, 1.54) is 5.56 Å². The summed E-state index contributed by atoms with van der Waals surface area (Å²) in [6, 6.07) is 8.05. The zero-order valence-corrected chi connectivity index (χ0v) is 9.29. The summed E-state index contributed by atoms with van der Waals surface area (Å²) in [5, 5.41) is 2.79. The van der Waals surface area contributed by atoms with E-state index in [1.807, 2.05) is 44.2 Å². The van der Waals surface area contributed by atoms with E-state index in [1.54, 1.807) is 6.08 Å². The van der Waals surface area contributed by atoms with Crippen molar-refractivity contribution in [2.75, 3.05) is 6.54 Å². The number of hydrogen-bond acceptors (Lipinski definition) is 1. The second kappa shape index (κ2) is 6.02. The van der Waals surface area contributed by atoms with Gasteiger partial charge in [0.15, 0.2) is 0 Å². The number of rotatable bonds is 4. The molecule has 0 aromatic heterocycles. The number of hydrogen-bond donors (Lipinski definition) is 1. The molecule has 0 aliphatic rings. The van der Waals surface area contributed by atoms with Crippen LogP contribution in [0.2, 0.25) is 0 Å². The second-order valence-electron chi connectivity index (χ2n) is 3.54. The molecule has 1 N–H and O–H groups in total. The van der Waals surface area contributed by atoms with Crippen molar-refractivity contribution in [2.45, 2.75) is 20.3 Å². The average molecular weight is 203 g/mol. The van der Waals surface area contributed by atoms with E-state index in [2.05, 4.69) is 5.32 Å². The number of carbonyl (C=O) groups excluding carboxylic acids is 1. The minimum atomic E-state index is -0.0293. The predicted molar refractivity (Wildman–Crippen MR) is 63.5 cm³/mol. The molecule has 1 aromatic carbocycles. The Morgan fingerprint density at radius 1 is 1.47 bits per heavy atom. The summed E-state index contributed by atoms with van der Waals surface area (Å²) in [7, 11) is 0. The predicted octanol–water partition coefficient (Wildman–Crippen LogP) is 2.53. The number of carbonyl (C=O) groups is 1. The Morgan fingerprint density at radius 3 is 2.93 bits per heavy atom. The lowest BCUT2D eigenvalue weighted by molar-refractivity contribution is -0.116. The SMILES string of the molecule is CCCNC(=O)/C=C/c1cccc(C)c1. The zero-order valence-electron chi connectivity index (χ0n) is 9.29. The average Bonchev–Trinajstić information content (AvgIpc) is 2.23. The van der Waals surface area contributed by atoms with Crippen molar-refractivity contribution in [1.29, 1.82) is 0 Å². The van der Waals surface area contributed by atoms with Gasteiger partial charge in [-0.3, -0.25) is 4.79 Å². The van der Waals surface area contributed by atoms with Gasteiger partial charge in [0.05, 0.1) is 0 Å². The van der Waals surface area contributed by atoms with E-state index in [0.29, 0.717) is 0 Å². The fraction of sp³-hybridized carbons (Fsp3) is 0.308. The number of amides is 1. The van der Waals surface area contributed by atoms with Gasteiger partial charge in [-0.05, 0) is 25.0 Å². The normalized spacial score (nSPS) is 10.5. The largest absolute Gasteiger partial charge is 0.353 e. The molecule has 1 aromatic rings. The van der Waals surface area contributed by atoms with E-state index >= 15 is 0 Å². The maximum Gasteiger partial charge on any atom is 0.243 e. The first-order valence-corrected chi connectivity index (χ1v) is 5.25. The Hall–Kier alpha value is -1.57. The Balaban J connectivity index is 2.53. The van der Waals surface area contributed by atoms with E-state index in [0.717, 1.165) is 18.5 Å². The molecule has 0 saturated carbocycles. The lowest BCUT2D eigenvalue weighted by atomic mass is 10.1. The first-order chi connectivity index (χ1) is 7.22. The molecular weight excluding hydrogens is 186 g/mol. The lowest BCUT2D eigenvalue weighted by Crippen LogP contribution is -2.21.